The summed E-state index contributed by atoms with van der Waals surface area (Å²) < 4.78 is 0. The van der Waals surface area contributed by atoms with Crippen LogP contribution in [0.3, 0.4) is 0 Å². The first-order chi connectivity index (χ1) is 8.11. The van der Waals surface area contributed by atoms with Gasteiger partial charge >= 0.3 is 0 Å². The third-order valence-electron chi connectivity index (χ3n) is 3.70. The van der Waals surface area contributed by atoms with Crippen molar-refractivity contribution in [1.82, 2.24) is 0 Å². The monoisotopic (exact) mass is 248 g/mol. The SMILES string of the molecule is CCC1CCN(c2ccc(C(N)=S)c(C)c2)C1. The first-order valence-corrected chi connectivity index (χ1v) is 6.68. The van der Waals surface area contributed by atoms with E-state index in [2.05, 4.69) is 30.9 Å². The molecular formula is C14H20N2S. The predicted molar refractivity (Wildman–Crippen MR) is 77.7 cm³/mol. The first kappa shape index (κ1) is 12.4. The molecule has 3 heteroatoms. The van der Waals surface area contributed by atoms with Gasteiger partial charge in [0, 0.05) is 24.3 Å². The van der Waals surface area contributed by atoms with Crippen LogP contribution < -0.4 is 10.6 Å². The van der Waals surface area contributed by atoms with E-state index >= 15 is 0 Å². The van der Waals surface area contributed by atoms with Crippen LogP contribution in [0.25, 0.3) is 0 Å². The standard InChI is InChI=1S/C14H20N2S/c1-3-11-6-7-16(9-11)12-4-5-13(14(15)17)10(2)8-12/h4-5,8,11H,3,6-7,9H2,1-2H3,(H2,15,17). The Balaban J connectivity index is 2.18. The quantitative estimate of drug-likeness (QED) is 0.834. The van der Waals surface area contributed by atoms with Crippen LogP contribution in [0.4, 0.5) is 5.69 Å². The maximum absolute atomic E-state index is 5.68. The molecular weight excluding hydrogens is 228 g/mol. The molecule has 0 amide bonds. The minimum absolute atomic E-state index is 0.488. The minimum atomic E-state index is 0.488. The molecule has 1 aliphatic rings. The summed E-state index contributed by atoms with van der Waals surface area (Å²) in [5, 5.41) is 0. The van der Waals surface area contributed by atoms with Crippen molar-refractivity contribution in [2.45, 2.75) is 26.7 Å². The van der Waals surface area contributed by atoms with Crippen LogP contribution >= 0.6 is 12.2 Å². The highest BCUT2D eigenvalue weighted by molar-refractivity contribution is 7.80. The summed E-state index contributed by atoms with van der Waals surface area (Å²) in [5.74, 6) is 0.852. The second-order valence-electron chi connectivity index (χ2n) is 4.87. The molecule has 0 aliphatic carbocycles. The first-order valence-electron chi connectivity index (χ1n) is 6.27. The molecule has 1 heterocycles. The third kappa shape index (κ3) is 2.60. The lowest BCUT2D eigenvalue weighted by Crippen LogP contribution is -2.20. The molecule has 2 nitrogen and oxygen atoms in total. The van der Waals surface area contributed by atoms with Crippen LogP contribution in [0.1, 0.15) is 30.9 Å². The molecule has 2 rings (SSSR count). The van der Waals surface area contributed by atoms with Gasteiger partial charge in [0.15, 0.2) is 0 Å². The summed E-state index contributed by atoms with van der Waals surface area (Å²) in [6.07, 6.45) is 2.59. The Bertz CT molecular complexity index is 428. The van der Waals surface area contributed by atoms with Crippen LogP contribution in [0.15, 0.2) is 18.2 Å². The van der Waals surface area contributed by atoms with Gasteiger partial charge in [0.1, 0.15) is 4.99 Å². The molecule has 17 heavy (non-hydrogen) atoms. The lowest BCUT2D eigenvalue weighted by molar-refractivity contribution is 0.569. The number of aryl methyl sites for hydroxylation is 1. The van der Waals surface area contributed by atoms with E-state index in [1.54, 1.807) is 0 Å². The highest BCUT2D eigenvalue weighted by Crippen LogP contribution is 2.27. The molecule has 1 aliphatic heterocycles. The van der Waals surface area contributed by atoms with E-state index in [-0.39, 0.29) is 0 Å². The number of thiocarbonyl (C=S) groups is 1. The predicted octanol–water partition coefficient (Wildman–Crippen LogP) is 2.87. The lowest BCUT2D eigenvalue weighted by atomic mass is 10.1. The molecule has 1 aromatic rings. The Morgan fingerprint density at radius 3 is 2.82 bits per heavy atom. The summed E-state index contributed by atoms with van der Waals surface area (Å²) in [6.45, 7) is 6.70. The van der Waals surface area contributed by atoms with E-state index in [0.717, 1.165) is 11.5 Å². The normalized spacial score (nSPS) is 19.6. The number of nitrogens with two attached hydrogens (primary N) is 1. The maximum Gasteiger partial charge on any atom is 0.104 e. The van der Waals surface area contributed by atoms with Gasteiger partial charge in [-0.2, -0.15) is 0 Å². The zero-order valence-corrected chi connectivity index (χ0v) is 11.4. The van der Waals surface area contributed by atoms with Gasteiger partial charge in [0.2, 0.25) is 0 Å². The summed E-state index contributed by atoms with van der Waals surface area (Å²) in [5.41, 5.74) is 9.15. The summed E-state index contributed by atoms with van der Waals surface area (Å²) in [7, 11) is 0. The second kappa shape index (κ2) is 5.05. The fraction of sp³-hybridized carbons (Fsp3) is 0.500. The van der Waals surface area contributed by atoms with E-state index in [1.165, 1.54) is 37.2 Å². The molecule has 1 unspecified atom stereocenters. The van der Waals surface area contributed by atoms with Crippen LogP contribution in [0, 0.1) is 12.8 Å². The fourth-order valence-electron chi connectivity index (χ4n) is 2.52. The highest BCUT2D eigenvalue weighted by Gasteiger charge is 2.21. The molecule has 1 atom stereocenters. The van der Waals surface area contributed by atoms with Crippen molar-refractivity contribution in [1.29, 1.82) is 0 Å². The van der Waals surface area contributed by atoms with Crippen molar-refractivity contribution in [3.05, 3.63) is 29.3 Å². The van der Waals surface area contributed by atoms with Crippen LogP contribution in [0.2, 0.25) is 0 Å². The zero-order valence-electron chi connectivity index (χ0n) is 10.6. The summed E-state index contributed by atoms with van der Waals surface area (Å²) >= 11 is 5.03. The average molecular weight is 248 g/mol. The summed E-state index contributed by atoms with van der Waals surface area (Å²) in [4.78, 5) is 2.95. The topological polar surface area (TPSA) is 29.3 Å². The van der Waals surface area contributed by atoms with E-state index in [0.29, 0.717) is 4.99 Å². The van der Waals surface area contributed by atoms with E-state index < -0.39 is 0 Å². The molecule has 0 spiro atoms. The number of nitrogens with zero attached hydrogens (tertiary/aromatic N) is 1. The van der Waals surface area contributed by atoms with Crippen molar-refractivity contribution in [2.75, 3.05) is 18.0 Å². The minimum Gasteiger partial charge on any atom is -0.389 e. The third-order valence-corrected chi connectivity index (χ3v) is 3.92. The smallest absolute Gasteiger partial charge is 0.104 e. The molecule has 1 fully saturated rings. The number of hydrogen-bond acceptors (Lipinski definition) is 2. The largest absolute Gasteiger partial charge is 0.389 e. The van der Waals surface area contributed by atoms with E-state index in [4.69, 9.17) is 18.0 Å². The fourth-order valence-corrected chi connectivity index (χ4v) is 2.75. The molecule has 0 bridgehead atoms. The molecule has 0 aromatic heterocycles. The van der Waals surface area contributed by atoms with E-state index in [1.807, 2.05) is 6.07 Å². The lowest BCUT2D eigenvalue weighted by Gasteiger charge is -2.20. The number of hydrogen-bond donors (Lipinski definition) is 1. The molecule has 0 radical (unpaired) electrons. The van der Waals surface area contributed by atoms with Crippen LogP contribution in [-0.2, 0) is 0 Å². The molecule has 1 aromatic carbocycles. The second-order valence-corrected chi connectivity index (χ2v) is 5.31. The Hall–Kier alpha value is -1.09. The van der Waals surface area contributed by atoms with Crippen molar-refractivity contribution in [3.63, 3.8) is 0 Å². The van der Waals surface area contributed by atoms with Crippen molar-refractivity contribution >= 4 is 22.9 Å². The van der Waals surface area contributed by atoms with Gasteiger partial charge in [-0.25, -0.2) is 0 Å². The van der Waals surface area contributed by atoms with Crippen molar-refractivity contribution in [3.8, 4) is 0 Å². The zero-order chi connectivity index (χ0) is 12.4. The van der Waals surface area contributed by atoms with Crippen molar-refractivity contribution in [2.24, 2.45) is 11.7 Å². The van der Waals surface area contributed by atoms with Gasteiger partial charge in [-0.05, 0) is 43.0 Å². The van der Waals surface area contributed by atoms with Gasteiger partial charge < -0.3 is 10.6 Å². The Labute approximate surface area is 109 Å². The Morgan fingerprint density at radius 1 is 1.53 bits per heavy atom. The highest BCUT2D eigenvalue weighted by atomic mass is 32.1. The molecule has 0 saturated carbocycles. The van der Waals surface area contributed by atoms with Crippen LogP contribution in [-0.4, -0.2) is 18.1 Å². The molecule has 1 saturated heterocycles. The number of anilines is 1. The van der Waals surface area contributed by atoms with Gasteiger partial charge in [-0.15, -0.1) is 0 Å². The Kier molecular flexibility index (Phi) is 3.67. The number of rotatable bonds is 3. The van der Waals surface area contributed by atoms with Gasteiger partial charge in [0.05, 0.1) is 0 Å². The maximum atomic E-state index is 5.68. The molecule has 2 N–H and O–H groups in total. The van der Waals surface area contributed by atoms with E-state index in [9.17, 15) is 0 Å². The average Bonchev–Trinajstić information content (AvgIpc) is 2.76. The van der Waals surface area contributed by atoms with Crippen LogP contribution in [0.5, 0.6) is 0 Å². The van der Waals surface area contributed by atoms with Gasteiger partial charge in [-0.3, -0.25) is 0 Å². The summed E-state index contributed by atoms with van der Waals surface area (Å²) in [6, 6.07) is 6.39. The van der Waals surface area contributed by atoms with Crippen molar-refractivity contribution < 1.29 is 0 Å². The van der Waals surface area contributed by atoms with Gasteiger partial charge in [-0.1, -0.05) is 25.6 Å². The van der Waals surface area contributed by atoms with Gasteiger partial charge in [0.25, 0.3) is 0 Å². The number of benzene rings is 1. The Morgan fingerprint density at radius 2 is 2.29 bits per heavy atom. The molecule has 92 valence electrons.